The summed E-state index contributed by atoms with van der Waals surface area (Å²) in [7, 11) is 0. The number of hydrogen-bond acceptors (Lipinski definition) is 2. The second-order valence-corrected chi connectivity index (χ2v) is 2.68. The van der Waals surface area contributed by atoms with Gasteiger partial charge in [0, 0.05) is 0 Å². The Morgan fingerprint density at radius 1 is 1.55 bits per heavy atom. The van der Waals surface area contributed by atoms with Gasteiger partial charge in [-0.05, 0) is 29.7 Å². The first-order valence-electron chi connectivity index (χ1n) is 3.00. The predicted molar refractivity (Wildman–Crippen MR) is 41.7 cm³/mol. The lowest BCUT2D eigenvalue weighted by atomic mass is 10.3. The van der Waals surface area contributed by atoms with Crippen LogP contribution >= 0.6 is 0 Å². The van der Waals surface area contributed by atoms with Crippen LogP contribution in [-0.2, 0) is 11.4 Å². The van der Waals surface area contributed by atoms with Gasteiger partial charge in [0.05, 0.1) is 11.4 Å². The molecule has 0 aliphatic heterocycles. The molecule has 1 unspecified atom stereocenters. The summed E-state index contributed by atoms with van der Waals surface area (Å²) < 4.78 is 24.1. The van der Waals surface area contributed by atoms with Crippen LogP contribution in [0.1, 0.15) is 5.56 Å². The molecular formula is C7H7O3S-. The van der Waals surface area contributed by atoms with Crippen LogP contribution in [0, 0.1) is 6.92 Å². The molecule has 2 aliphatic rings. The molecule has 60 valence electrons. The highest BCUT2D eigenvalue weighted by atomic mass is 32.2. The fraction of sp³-hybridized carbons (Fsp3) is 0.143. The first-order valence-corrected chi connectivity index (χ1v) is 4.04. The molecule has 0 radical (unpaired) electrons. The van der Waals surface area contributed by atoms with Gasteiger partial charge in [-0.25, -0.2) is 4.21 Å². The van der Waals surface area contributed by atoms with E-state index in [-0.39, 0.29) is 0 Å². The monoisotopic (exact) mass is 171 g/mol. The SMILES string of the molecule is Cc1ccc2cc1-2.O=S([O-])O. The van der Waals surface area contributed by atoms with Crippen molar-refractivity contribution in [3.8, 4) is 11.1 Å². The van der Waals surface area contributed by atoms with E-state index in [1.165, 1.54) is 16.7 Å². The molecule has 1 atom stereocenters. The number of fused-ring (bicyclic) bond motifs is 1. The zero-order chi connectivity index (χ0) is 8.43. The standard InChI is InChI=1S/C7H6.H2O3S/c1-5-2-3-6-4-7(5)6;1-4(2)3/h2-4H,1H3;(H2,1,2,3)/p-1. The Kier molecular flexibility index (Phi) is 2.38. The minimum atomic E-state index is -2.86. The van der Waals surface area contributed by atoms with E-state index >= 15 is 0 Å². The zero-order valence-corrected chi connectivity index (χ0v) is 6.72. The Morgan fingerprint density at radius 2 is 2.09 bits per heavy atom. The van der Waals surface area contributed by atoms with Crippen LogP contribution < -0.4 is 0 Å². The van der Waals surface area contributed by atoms with Crippen molar-refractivity contribution >= 4 is 11.4 Å². The molecule has 0 saturated carbocycles. The van der Waals surface area contributed by atoms with Crippen LogP contribution in [0.25, 0.3) is 11.1 Å². The van der Waals surface area contributed by atoms with Crippen LogP contribution in [0.15, 0.2) is 18.2 Å². The molecule has 3 nitrogen and oxygen atoms in total. The highest BCUT2D eigenvalue weighted by Crippen LogP contribution is 2.37. The Balaban J connectivity index is 0.000000134. The average Bonchev–Trinajstić information content (AvgIpc) is 2.54. The highest BCUT2D eigenvalue weighted by molar-refractivity contribution is 7.73. The van der Waals surface area contributed by atoms with Crippen LogP contribution in [0.5, 0.6) is 0 Å². The van der Waals surface area contributed by atoms with E-state index in [0.29, 0.717) is 0 Å². The predicted octanol–water partition coefficient (Wildman–Crippen LogP) is 1.31. The molecular weight excluding hydrogens is 164 g/mol. The van der Waals surface area contributed by atoms with Crippen LogP contribution in [-0.4, -0.2) is 13.3 Å². The maximum atomic E-state index is 8.56. The van der Waals surface area contributed by atoms with E-state index in [2.05, 4.69) is 25.1 Å². The van der Waals surface area contributed by atoms with Gasteiger partial charge in [-0.2, -0.15) is 0 Å². The van der Waals surface area contributed by atoms with Crippen molar-refractivity contribution in [1.82, 2.24) is 0 Å². The van der Waals surface area contributed by atoms with Crippen molar-refractivity contribution in [2.24, 2.45) is 0 Å². The van der Waals surface area contributed by atoms with Gasteiger partial charge in [-0.1, -0.05) is 12.1 Å². The largest absolute Gasteiger partial charge is 0.750 e. The van der Waals surface area contributed by atoms with Gasteiger partial charge >= 0.3 is 0 Å². The van der Waals surface area contributed by atoms with Gasteiger partial charge in [-0.3, -0.25) is 0 Å². The van der Waals surface area contributed by atoms with Crippen molar-refractivity contribution in [1.29, 1.82) is 0 Å². The van der Waals surface area contributed by atoms with Gasteiger partial charge < -0.3 is 9.11 Å². The number of hydrogen-bond donors (Lipinski definition) is 1. The lowest BCUT2D eigenvalue weighted by Crippen LogP contribution is -1.75. The van der Waals surface area contributed by atoms with E-state index in [1.807, 2.05) is 0 Å². The summed E-state index contributed by atoms with van der Waals surface area (Å²) in [4.78, 5) is 0. The molecule has 0 spiro atoms. The molecule has 0 saturated heterocycles. The quantitative estimate of drug-likeness (QED) is 0.608. The normalized spacial score (nSPS) is 13.0. The molecule has 4 heteroatoms. The Bertz CT molecular complexity index is 292. The minimum Gasteiger partial charge on any atom is -0.750 e. The molecule has 0 heterocycles. The van der Waals surface area contributed by atoms with Crippen molar-refractivity contribution in [3.63, 3.8) is 0 Å². The van der Waals surface area contributed by atoms with E-state index in [4.69, 9.17) is 13.3 Å². The van der Waals surface area contributed by atoms with Crippen molar-refractivity contribution in [3.05, 3.63) is 23.8 Å². The van der Waals surface area contributed by atoms with Crippen LogP contribution in [0.3, 0.4) is 0 Å². The lowest BCUT2D eigenvalue weighted by molar-refractivity contribution is 0.436. The average molecular weight is 171 g/mol. The van der Waals surface area contributed by atoms with Gasteiger partial charge in [0.15, 0.2) is 0 Å². The van der Waals surface area contributed by atoms with Gasteiger partial charge in [0.2, 0.25) is 0 Å². The van der Waals surface area contributed by atoms with E-state index in [1.54, 1.807) is 0 Å². The molecule has 1 N–H and O–H groups in total. The molecule has 0 fully saturated rings. The summed E-state index contributed by atoms with van der Waals surface area (Å²) >= 11 is -2.86. The Labute approximate surface area is 67.2 Å². The number of aryl methyl sites for hydroxylation is 1. The van der Waals surface area contributed by atoms with Gasteiger partial charge in [-0.15, -0.1) is 0 Å². The van der Waals surface area contributed by atoms with Crippen LogP contribution in [0.4, 0.5) is 0 Å². The molecule has 0 amide bonds. The highest BCUT2D eigenvalue weighted by Gasteiger charge is 2.12. The third-order valence-electron chi connectivity index (χ3n) is 1.47. The molecule has 2 rings (SSSR count). The molecule has 0 aromatic carbocycles. The molecule has 11 heavy (non-hydrogen) atoms. The topological polar surface area (TPSA) is 60.4 Å². The summed E-state index contributed by atoms with van der Waals surface area (Å²) in [5, 5.41) is 0. The van der Waals surface area contributed by atoms with E-state index in [0.717, 1.165) is 0 Å². The van der Waals surface area contributed by atoms with Crippen molar-refractivity contribution in [2.75, 3.05) is 0 Å². The fourth-order valence-electron chi connectivity index (χ4n) is 0.903. The first kappa shape index (κ1) is 8.39. The van der Waals surface area contributed by atoms with E-state index in [9.17, 15) is 0 Å². The minimum absolute atomic E-state index is 1.43. The molecule has 0 aromatic heterocycles. The second kappa shape index (κ2) is 3.13. The molecule has 2 aliphatic carbocycles. The van der Waals surface area contributed by atoms with Crippen molar-refractivity contribution < 1.29 is 13.3 Å². The second-order valence-electron chi connectivity index (χ2n) is 2.25. The summed E-state index contributed by atoms with van der Waals surface area (Å²) in [5.74, 6) is 0. The lowest BCUT2D eigenvalue weighted by Gasteiger charge is -1.83. The maximum absolute atomic E-state index is 8.56. The maximum Gasteiger partial charge on any atom is 0.0814 e. The zero-order valence-electron chi connectivity index (χ0n) is 5.90. The van der Waals surface area contributed by atoms with Gasteiger partial charge in [0.1, 0.15) is 0 Å². The van der Waals surface area contributed by atoms with E-state index < -0.39 is 11.4 Å². The third kappa shape index (κ3) is 2.42. The number of rotatable bonds is 0. The molecule has 0 bridgehead atoms. The summed E-state index contributed by atoms with van der Waals surface area (Å²) in [5.41, 5.74) is 4.34. The van der Waals surface area contributed by atoms with Crippen molar-refractivity contribution in [2.45, 2.75) is 6.92 Å². The molecule has 0 aromatic rings. The first-order chi connectivity index (χ1) is 5.11. The fourth-order valence-corrected chi connectivity index (χ4v) is 0.903. The smallest absolute Gasteiger partial charge is 0.0814 e. The summed E-state index contributed by atoms with van der Waals surface area (Å²) in [6.45, 7) is 2.14. The van der Waals surface area contributed by atoms with Gasteiger partial charge in [0.25, 0.3) is 0 Å². The summed E-state index contributed by atoms with van der Waals surface area (Å²) in [6.07, 6.45) is 0. The Morgan fingerprint density at radius 3 is 2.18 bits per heavy atom. The number of benzene rings is 1. The van der Waals surface area contributed by atoms with Crippen LogP contribution in [0.2, 0.25) is 0 Å². The Hall–Kier alpha value is -0.710. The third-order valence-corrected chi connectivity index (χ3v) is 1.47. The summed E-state index contributed by atoms with van der Waals surface area (Å²) in [6, 6.07) is 6.52.